The fourth-order valence-corrected chi connectivity index (χ4v) is 4.31. The summed E-state index contributed by atoms with van der Waals surface area (Å²) in [6, 6.07) is 21.6. The van der Waals surface area contributed by atoms with E-state index in [0.29, 0.717) is 17.7 Å². The van der Waals surface area contributed by atoms with Crippen LogP contribution in [0.1, 0.15) is 5.56 Å². The predicted octanol–water partition coefficient (Wildman–Crippen LogP) is 3.80. The molecule has 2 N–H and O–H groups in total. The van der Waals surface area contributed by atoms with Crippen molar-refractivity contribution in [1.29, 1.82) is 0 Å². The monoisotopic (exact) mass is 407 g/mol. The molecule has 4 rings (SSSR count). The Labute approximate surface area is 169 Å². The summed E-state index contributed by atoms with van der Waals surface area (Å²) in [4.78, 5) is 4.90. The van der Waals surface area contributed by atoms with Gasteiger partial charge in [0.15, 0.2) is 0 Å². The molecule has 0 spiro atoms. The maximum absolute atomic E-state index is 12.7. The normalized spacial score (nSPS) is 11.7. The quantitative estimate of drug-likeness (QED) is 0.509. The van der Waals surface area contributed by atoms with Crippen LogP contribution < -0.4 is 4.72 Å². The summed E-state index contributed by atoms with van der Waals surface area (Å²) in [7, 11) is -3.69. The lowest BCUT2D eigenvalue weighted by atomic mass is 10.2. The smallest absolute Gasteiger partial charge is 0.261 e. The molecule has 0 aliphatic heterocycles. The molecule has 4 aromatic rings. The first-order valence-corrected chi connectivity index (χ1v) is 10.7. The van der Waals surface area contributed by atoms with Gasteiger partial charge in [-0.05, 0) is 37.3 Å². The molecule has 0 saturated carbocycles. The van der Waals surface area contributed by atoms with Gasteiger partial charge in [-0.2, -0.15) is 0 Å². The number of anilines is 1. The molecule has 0 aliphatic carbocycles. The second kappa shape index (κ2) is 7.69. The Hall–Kier alpha value is -3.16. The van der Waals surface area contributed by atoms with Gasteiger partial charge in [0, 0.05) is 12.1 Å². The molecule has 0 saturated heterocycles. The zero-order chi connectivity index (χ0) is 20.4. The number of aromatic nitrogens is 2. The van der Waals surface area contributed by atoms with E-state index in [0.717, 1.165) is 22.5 Å². The molecule has 0 atom stereocenters. The zero-order valence-electron chi connectivity index (χ0n) is 15.9. The third kappa shape index (κ3) is 3.87. The molecule has 1 aromatic heterocycles. The van der Waals surface area contributed by atoms with Crippen molar-refractivity contribution in [1.82, 2.24) is 9.55 Å². The Morgan fingerprint density at radius 1 is 1.00 bits per heavy atom. The number of nitrogens with zero attached hydrogens (tertiary/aromatic N) is 2. The van der Waals surface area contributed by atoms with Crippen molar-refractivity contribution < 1.29 is 13.5 Å². The second-order valence-corrected chi connectivity index (χ2v) is 8.48. The van der Waals surface area contributed by atoms with E-state index >= 15 is 0 Å². The van der Waals surface area contributed by atoms with Crippen molar-refractivity contribution in [2.45, 2.75) is 18.4 Å². The molecule has 1 heterocycles. The maximum atomic E-state index is 12.7. The van der Waals surface area contributed by atoms with Crippen molar-refractivity contribution in [2.24, 2.45) is 0 Å². The molecule has 0 fully saturated rings. The lowest BCUT2D eigenvalue weighted by molar-refractivity contribution is 0.278. The van der Waals surface area contributed by atoms with E-state index in [1.165, 1.54) is 0 Å². The van der Waals surface area contributed by atoms with Crippen LogP contribution in [0.25, 0.3) is 22.4 Å². The molecular weight excluding hydrogens is 386 g/mol. The average Bonchev–Trinajstić information content (AvgIpc) is 3.07. The number of hydrogen-bond acceptors (Lipinski definition) is 4. The molecular formula is C22H21N3O3S. The first-order chi connectivity index (χ1) is 14.0. The first kappa shape index (κ1) is 19.2. The van der Waals surface area contributed by atoms with Crippen molar-refractivity contribution in [3.05, 3.63) is 78.4 Å². The summed E-state index contributed by atoms with van der Waals surface area (Å²) >= 11 is 0. The second-order valence-electron chi connectivity index (χ2n) is 6.80. The largest absolute Gasteiger partial charge is 0.395 e. The van der Waals surface area contributed by atoms with Gasteiger partial charge in [-0.25, -0.2) is 13.4 Å². The lowest BCUT2D eigenvalue weighted by Crippen LogP contribution is -2.12. The van der Waals surface area contributed by atoms with Crippen LogP contribution in [0, 0.1) is 6.92 Å². The van der Waals surface area contributed by atoms with E-state index < -0.39 is 10.0 Å². The SMILES string of the molecule is Cc1ccc(S(=O)(=O)Nc2ccc3c(c2)nc(-c2ccccc2)n3CCO)cc1. The Morgan fingerprint density at radius 3 is 2.41 bits per heavy atom. The van der Waals surface area contributed by atoms with Crippen molar-refractivity contribution >= 4 is 26.7 Å². The van der Waals surface area contributed by atoms with Crippen molar-refractivity contribution in [2.75, 3.05) is 11.3 Å². The number of rotatable bonds is 6. The van der Waals surface area contributed by atoms with E-state index in [9.17, 15) is 13.5 Å². The minimum atomic E-state index is -3.69. The highest BCUT2D eigenvalue weighted by atomic mass is 32.2. The highest BCUT2D eigenvalue weighted by Crippen LogP contribution is 2.27. The number of hydrogen-bond donors (Lipinski definition) is 2. The molecule has 0 unspecified atom stereocenters. The average molecular weight is 407 g/mol. The predicted molar refractivity (Wildman–Crippen MR) is 114 cm³/mol. The van der Waals surface area contributed by atoms with Gasteiger partial charge in [-0.15, -0.1) is 0 Å². The molecule has 0 bridgehead atoms. The number of fused-ring (bicyclic) bond motifs is 1. The van der Waals surface area contributed by atoms with Gasteiger partial charge in [0.05, 0.1) is 28.2 Å². The lowest BCUT2D eigenvalue weighted by Gasteiger charge is -2.09. The number of nitrogens with one attached hydrogen (secondary N) is 1. The summed E-state index contributed by atoms with van der Waals surface area (Å²) < 4.78 is 29.9. The van der Waals surface area contributed by atoms with Crippen molar-refractivity contribution in [3.63, 3.8) is 0 Å². The number of aryl methyl sites for hydroxylation is 1. The fraction of sp³-hybridized carbons (Fsp3) is 0.136. The molecule has 7 heteroatoms. The Bertz CT molecular complexity index is 1250. The van der Waals surface area contributed by atoms with Gasteiger partial charge < -0.3 is 9.67 Å². The van der Waals surface area contributed by atoms with Gasteiger partial charge >= 0.3 is 0 Å². The van der Waals surface area contributed by atoms with E-state index in [1.54, 1.807) is 36.4 Å². The standard InChI is InChI=1S/C22H21N3O3S/c1-16-7-10-19(11-8-16)29(27,28)24-18-9-12-21-20(15-18)23-22(25(21)13-14-26)17-5-3-2-4-6-17/h2-12,15,24,26H,13-14H2,1H3. The highest BCUT2D eigenvalue weighted by molar-refractivity contribution is 7.92. The van der Waals surface area contributed by atoms with Gasteiger partial charge in [-0.3, -0.25) is 4.72 Å². The van der Waals surface area contributed by atoms with Gasteiger partial charge in [-0.1, -0.05) is 48.0 Å². The third-order valence-corrected chi connectivity index (χ3v) is 6.08. The number of aliphatic hydroxyl groups is 1. The minimum Gasteiger partial charge on any atom is -0.395 e. The van der Waals surface area contributed by atoms with Crippen LogP contribution in [0.3, 0.4) is 0 Å². The Kier molecular flexibility index (Phi) is 5.08. The molecule has 29 heavy (non-hydrogen) atoms. The first-order valence-electron chi connectivity index (χ1n) is 9.24. The maximum Gasteiger partial charge on any atom is 0.261 e. The number of benzene rings is 3. The van der Waals surface area contributed by atoms with Crippen molar-refractivity contribution in [3.8, 4) is 11.4 Å². The van der Waals surface area contributed by atoms with Crippen LogP contribution in [-0.2, 0) is 16.6 Å². The molecule has 0 amide bonds. The van der Waals surface area contributed by atoms with Crippen LogP contribution in [-0.4, -0.2) is 29.7 Å². The van der Waals surface area contributed by atoms with E-state index in [-0.39, 0.29) is 11.5 Å². The van der Waals surface area contributed by atoms with Crippen LogP contribution in [0.5, 0.6) is 0 Å². The van der Waals surface area contributed by atoms with Crippen LogP contribution >= 0.6 is 0 Å². The van der Waals surface area contributed by atoms with Gasteiger partial charge in [0.25, 0.3) is 10.0 Å². The van der Waals surface area contributed by atoms with E-state index in [1.807, 2.05) is 47.9 Å². The van der Waals surface area contributed by atoms with Crippen LogP contribution in [0.2, 0.25) is 0 Å². The summed E-state index contributed by atoms with van der Waals surface area (Å²) in [6.45, 7) is 2.28. The van der Waals surface area contributed by atoms with Crippen LogP contribution in [0.15, 0.2) is 77.7 Å². The third-order valence-electron chi connectivity index (χ3n) is 4.69. The Balaban J connectivity index is 1.74. The van der Waals surface area contributed by atoms with Gasteiger partial charge in [0.2, 0.25) is 0 Å². The Morgan fingerprint density at radius 2 is 1.72 bits per heavy atom. The molecule has 148 valence electrons. The summed E-state index contributed by atoms with van der Waals surface area (Å²) in [5, 5.41) is 9.48. The number of aliphatic hydroxyl groups excluding tert-OH is 1. The summed E-state index contributed by atoms with van der Waals surface area (Å²) in [6.07, 6.45) is 0. The molecule has 3 aromatic carbocycles. The fourth-order valence-electron chi connectivity index (χ4n) is 3.26. The molecule has 0 aliphatic rings. The zero-order valence-corrected chi connectivity index (χ0v) is 16.7. The van der Waals surface area contributed by atoms with E-state index in [4.69, 9.17) is 4.98 Å². The molecule has 0 radical (unpaired) electrons. The minimum absolute atomic E-state index is 0.0207. The summed E-state index contributed by atoms with van der Waals surface area (Å²) in [5.74, 6) is 0.730. The van der Waals surface area contributed by atoms with Gasteiger partial charge in [0.1, 0.15) is 5.82 Å². The number of sulfonamides is 1. The molecule has 6 nitrogen and oxygen atoms in total. The number of imidazole rings is 1. The van der Waals surface area contributed by atoms with E-state index in [2.05, 4.69) is 4.72 Å². The highest BCUT2D eigenvalue weighted by Gasteiger charge is 2.16. The topological polar surface area (TPSA) is 84.2 Å². The summed E-state index contributed by atoms with van der Waals surface area (Å²) in [5.41, 5.74) is 3.84. The van der Waals surface area contributed by atoms with Crippen LogP contribution in [0.4, 0.5) is 5.69 Å².